The number of benzene rings is 1. The predicted molar refractivity (Wildman–Crippen MR) is 103 cm³/mol. The molecular formula is C19H20ClFN4O2. The molecule has 0 saturated carbocycles. The number of piperazine rings is 1. The van der Waals surface area contributed by atoms with Gasteiger partial charge < -0.3 is 14.7 Å². The molecule has 0 aliphatic carbocycles. The molecule has 0 bridgehead atoms. The van der Waals surface area contributed by atoms with Crippen LogP contribution in [-0.2, 0) is 0 Å². The third-order valence-electron chi connectivity index (χ3n) is 4.64. The van der Waals surface area contributed by atoms with Crippen molar-refractivity contribution >= 4 is 29.4 Å². The van der Waals surface area contributed by atoms with Gasteiger partial charge in [-0.3, -0.25) is 4.79 Å². The fourth-order valence-corrected chi connectivity index (χ4v) is 3.32. The number of nitrogens with one attached hydrogen (secondary N) is 1. The van der Waals surface area contributed by atoms with Crippen LogP contribution in [-0.4, -0.2) is 46.6 Å². The Kier molecular flexibility index (Phi) is 5.43. The van der Waals surface area contributed by atoms with Crippen molar-refractivity contribution in [2.24, 2.45) is 0 Å². The average molecular weight is 391 g/mol. The molecular weight excluding hydrogens is 371 g/mol. The predicted octanol–water partition coefficient (Wildman–Crippen LogP) is 3.19. The van der Waals surface area contributed by atoms with Crippen LogP contribution in [0.3, 0.4) is 0 Å². The van der Waals surface area contributed by atoms with Crippen LogP contribution in [0.1, 0.15) is 23.0 Å². The SMILES string of the molecule is Cc1noc2nc(-c3ccc(F)cc3)cc(C(=O)N3CCNC(C)C3)c12.Cl. The summed E-state index contributed by atoms with van der Waals surface area (Å²) in [5.41, 5.74) is 2.73. The van der Waals surface area contributed by atoms with Crippen molar-refractivity contribution in [3.63, 3.8) is 0 Å². The number of amides is 1. The van der Waals surface area contributed by atoms with Gasteiger partial charge >= 0.3 is 0 Å². The molecule has 0 radical (unpaired) electrons. The summed E-state index contributed by atoms with van der Waals surface area (Å²) in [5.74, 6) is -0.392. The third-order valence-corrected chi connectivity index (χ3v) is 4.64. The molecule has 1 N–H and O–H groups in total. The number of hydrogen-bond acceptors (Lipinski definition) is 5. The fourth-order valence-electron chi connectivity index (χ4n) is 3.32. The van der Waals surface area contributed by atoms with E-state index in [-0.39, 0.29) is 30.2 Å². The van der Waals surface area contributed by atoms with Crippen LogP contribution in [0.15, 0.2) is 34.9 Å². The molecule has 142 valence electrons. The van der Waals surface area contributed by atoms with Gasteiger partial charge in [0.15, 0.2) is 0 Å². The van der Waals surface area contributed by atoms with Crippen LogP contribution in [0, 0.1) is 12.7 Å². The Morgan fingerprint density at radius 2 is 2.07 bits per heavy atom. The molecule has 3 heterocycles. The largest absolute Gasteiger partial charge is 0.336 e. The van der Waals surface area contributed by atoms with Gasteiger partial charge in [0.2, 0.25) is 0 Å². The summed E-state index contributed by atoms with van der Waals surface area (Å²) in [5, 5.41) is 7.93. The highest BCUT2D eigenvalue weighted by Crippen LogP contribution is 2.28. The minimum Gasteiger partial charge on any atom is -0.336 e. The van der Waals surface area contributed by atoms with E-state index in [1.54, 1.807) is 25.1 Å². The molecule has 27 heavy (non-hydrogen) atoms. The van der Waals surface area contributed by atoms with Gasteiger partial charge in [-0.2, -0.15) is 0 Å². The van der Waals surface area contributed by atoms with E-state index in [0.717, 1.165) is 6.54 Å². The van der Waals surface area contributed by atoms with Crippen molar-refractivity contribution in [1.82, 2.24) is 20.4 Å². The first-order valence-electron chi connectivity index (χ1n) is 8.58. The molecule has 0 spiro atoms. The number of nitrogens with zero attached hydrogens (tertiary/aromatic N) is 3. The number of hydrogen-bond donors (Lipinski definition) is 1. The molecule has 1 fully saturated rings. The van der Waals surface area contributed by atoms with Crippen LogP contribution in [0.25, 0.3) is 22.4 Å². The molecule has 6 nitrogen and oxygen atoms in total. The highest BCUT2D eigenvalue weighted by molar-refractivity contribution is 6.07. The monoisotopic (exact) mass is 390 g/mol. The summed E-state index contributed by atoms with van der Waals surface area (Å²) in [6, 6.07) is 7.99. The topological polar surface area (TPSA) is 71.3 Å². The van der Waals surface area contributed by atoms with Crippen molar-refractivity contribution in [2.75, 3.05) is 19.6 Å². The van der Waals surface area contributed by atoms with Crippen LogP contribution in [0.4, 0.5) is 4.39 Å². The summed E-state index contributed by atoms with van der Waals surface area (Å²) >= 11 is 0. The molecule has 1 aromatic carbocycles. The maximum atomic E-state index is 13.2. The van der Waals surface area contributed by atoms with E-state index in [0.29, 0.717) is 46.7 Å². The van der Waals surface area contributed by atoms with Crippen molar-refractivity contribution in [3.05, 3.63) is 47.4 Å². The van der Waals surface area contributed by atoms with Gasteiger partial charge in [0.25, 0.3) is 11.6 Å². The van der Waals surface area contributed by atoms with E-state index in [1.165, 1.54) is 12.1 Å². The maximum absolute atomic E-state index is 13.2. The smallest absolute Gasteiger partial charge is 0.259 e. The number of aryl methyl sites for hydroxylation is 1. The molecule has 1 unspecified atom stereocenters. The van der Waals surface area contributed by atoms with Crippen molar-refractivity contribution in [3.8, 4) is 11.3 Å². The molecule has 8 heteroatoms. The van der Waals surface area contributed by atoms with E-state index in [9.17, 15) is 9.18 Å². The van der Waals surface area contributed by atoms with Gasteiger partial charge in [0.05, 0.1) is 22.3 Å². The lowest BCUT2D eigenvalue weighted by Crippen LogP contribution is -2.51. The lowest BCUT2D eigenvalue weighted by atomic mass is 10.0. The van der Waals surface area contributed by atoms with Crippen molar-refractivity contribution in [2.45, 2.75) is 19.9 Å². The number of rotatable bonds is 2. The molecule has 4 rings (SSSR count). The second-order valence-corrected chi connectivity index (χ2v) is 6.62. The first-order valence-corrected chi connectivity index (χ1v) is 8.58. The standard InChI is InChI=1S/C19H19FN4O2.ClH/c1-11-10-24(8-7-21-11)19(25)15-9-16(13-3-5-14(20)6-4-13)22-18-17(15)12(2)23-26-18;/h3-6,9,11,21H,7-8,10H2,1-2H3;1H. The van der Waals surface area contributed by atoms with Crippen LogP contribution in [0.2, 0.25) is 0 Å². The van der Waals surface area contributed by atoms with Crippen LogP contribution >= 0.6 is 12.4 Å². The number of fused-ring (bicyclic) bond motifs is 1. The quantitative estimate of drug-likeness (QED) is 0.727. The molecule has 1 saturated heterocycles. The number of pyridine rings is 1. The lowest BCUT2D eigenvalue weighted by molar-refractivity contribution is 0.0711. The lowest BCUT2D eigenvalue weighted by Gasteiger charge is -2.32. The summed E-state index contributed by atoms with van der Waals surface area (Å²) in [7, 11) is 0. The van der Waals surface area contributed by atoms with Gasteiger partial charge in [-0.05, 0) is 44.2 Å². The molecule has 3 aromatic rings. The Morgan fingerprint density at radius 3 is 2.78 bits per heavy atom. The number of aromatic nitrogens is 2. The van der Waals surface area contributed by atoms with E-state index in [1.807, 2.05) is 4.90 Å². The van der Waals surface area contributed by atoms with Crippen LogP contribution in [0.5, 0.6) is 0 Å². The Bertz CT molecular complexity index is 974. The zero-order valence-electron chi connectivity index (χ0n) is 15.0. The van der Waals surface area contributed by atoms with Crippen LogP contribution < -0.4 is 5.32 Å². The fraction of sp³-hybridized carbons (Fsp3) is 0.316. The Labute approximate surface area is 162 Å². The first-order chi connectivity index (χ1) is 12.5. The molecule has 1 aliphatic rings. The van der Waals surface area contributed by atoms with Gasteiger partial charge in [0, 0.05) is 31.2 Å². The second-order valence-electron chi connectivity index (χ2n) is 6.62. The highest BCUT2D eigenvalue weighted by atomic mass is 35.5. The second kappa shape index (κ2) is 7.62. The average Bonchev–Trinajstić information content (AvgIpc) is 3.02. The summed E-state index contributed by atoms with van der Waals surface area (Å²) in [4.78, 5) is 19.5. The number of carbonyl (C=O) groups is 1. The maximum Gasteiger partial charge on any atom is 0.259 e. The Morgan fingerprint density at radius 1 is 1.33 bits per heavy atom. The zero-order valence-corrected chi connectivity index (χ0v) is 15.8. The normalized spacial score (nSPS) is 17.0. The number of carbonyl (C=O) groups excluding carboxylic acids is 1. The van der Waals surface area contributed by atoms with E-state index >= 15 is 0 Å². The number of halogens is 2. The minimum atomic E-state index is -0.323. The van der Waals surface area contributed by atoms with E-state index in [4.69, 9.17) is 4.52 Å². The highest BCUT2D eigenvalue weighted by Gasteiger charge is 2.26. The van der Waals surface area contributed by atoms with Crippen molar-refractivity contribution < 1.29 is 13.7 Å². The molecule has 1 aliphatic heterocycles. The summed E-state index contributed by atoms with van der Waals surface area (Å²) in [6.45, 7) is 5.88. The van der Waals surface area contributed by atoms with Gasteiger partial charge in [0.1, 0.15) is 5.82 Å². The molecule has 1 amide bonds. The Balaban J connectivity index is 0.00000210. The molecule has 2 aromatic heterocycles. The molecule has 1 atom stereocenters. The summed E-state index contributed by atoms with van der Waals surface area (Å²) in [6.07, 6.45) is 0. The minimum absolute atomic E-state index is 0. The van der Waals surface area contributed by atoms with Crippen molar-refractivity contribution in [1.29, 1.82) is 0 Å². The Hall–Kier alpha value is -2.51. The van der Waals surface area contributed by atoms with Gasteiger partial charge in [-0.25, -0.2) is 9.37 Å². The summed E-state index contributed by atoms with van der Waals surface area (Å²) < 4.78 is 18.5. The zero-order chi connectivity index (χ0) is 18.3. The third kappa shape index (κ3) is 3.65. The van der Waals surface area contributed by atoms with E-state index < -0.39 is 0 Å². The van der Waals surface area contributed by atoms with Gasteiger partial charge in [-0.15, -0.1) is 12.4 Å². The van der Waals surface area contributed by atoms with E-state index in [2.05, 4.69) is 22.4 Å². The first kappa shape index (κ1) is 19.3. The van der Waals surface area contributed by atoms with Gasteiger partial charge in [-0.1, -0.05) is 5.16 Å².